The predicted molar refractivity (Wildman–Crippen MR) is 71.0 cm³/mol. The summed E-state index contributed by atoms with van der Waals surface area (Å²) in [6, 6.07) is 20.8. The molecular formula is C16H15NO. The lowest BCUT2D eigenvalue weighted by Gasteiger charge is -2.03. The Kier molecular flexibility index (Phi) is 2.95. The van der Waals surface area contributed by atoms with Crippen molar-refractivity contribution in [3.05, 3.63) is 71.8 Å². The quantitative estimate of drug-likeness (QED) is 0.602. The minimum atomic E-state index is 0.0348. The molecule has 0 N–H and O–H groups in total. The number of hydrogen-bond acceptors (Lipinski definition) is 2. The lowest BCUT2D eigenvalue weighted by atomic mass is 10.1. The van der Waals surface area contributed by atoms with E-state index in [1.54, 1.807) is 0 Å². The molecule has 3 rings (SSSR count). The molecule has 2 nitrogen and oxygen atoms in total. The first-order chi connectivity index (χ1) is 8.90. The van der Waals surface area contributed by atoms with Gasteiger partial charge in [-0.05, 0) is 11.1 Å². The van der Waals surface area contributed by atoms with E-state index in [2.05, 4.69) is 29.2 Å². The average molecular weight is 237 g/mol. The topological polar surface area (TPSA) is 20.1 Å². The fraction of sp³-hybridized carbons (Fsp3) is 0.188. The van der Waals surface area contributed by atoms with Gasteiger partial charge in [-0.1, -0.05) is 60.7 Å². The van der Waals surface area contributed by atoms with E-state index in [1.807, 2.05) is 36.4 Å². The zero-order chi connectivity index (χ0) is 12.4. The lowest BCUT2D eigenvalue weighted by Crippen LogP contribution is -2.02. The number of carbonyl (C=O) groups is 1. The van der Waals surface area contributed by atoms with Crippen molar-refractivity contribution in [2.75, 3.05) is 0 Å². The van der Waals surface area contributed by atoms with Crippen LogP contribution >= 0.6 is 0 Å². The van der Waals surface area contributed by atoms with Crippen molar-refractivity contribution in [1.29, 1.82) is 0 Å². The van der Waals surface area contributed by atoms with Crippen LogP contribution in [0.3, 0.4) is 0 Å². The van der Waals surface area contributed by atoms with Crippen molar-refractivity contribution in [1.82, 2.24) is 4.90 Å². The molecule has 1 unspecified atom stereocenters. The largest absolute Gasteiger partial charge is 0.302 e. The lowest BCUT2D eigenvalue weighted by molar-refractivity contribution is -0.108. The summed E-state index contributed by atoms with van der Waals surface area (Å²) in [4.78, 5) is 13.3. The van der Waals surface area contributed by atoms with E-state index >= 15 is 0 Å². The van der Waals surface area contributed by atoms with Crippen LogP contribution in [-0.4, -0.2) is 17.2 Å². The van der Waals surface area contributed by atoms with Gasteiger partial charge in [-0.2, -0.15) is 0 Å². The minimum absolute atomic E-state index is 0.0348. The number of aldehydes is 1. The molecule has 1 fully saturated rings. The van der Waals surface area contributed by atoms with E-state index in [9.17, 15) is 4.79 Å². The highest BCUT2D eigenvalue weighted by Crippen LogP contribution is 2.42. The molecular weight excluding hydrogens is 222 g/mol. The van der Waals surface area contributed by atoms with Crippen molar-refractivity contribution in [2.24, 2.45) is 0 Å². The maximum absolute atomic E-state index is 11.1. The van der Waals surface area contributed by atoms with Gasteiger partial charge in [0.1, 0.15) is 6.29 Å². The van der Waals surface area contributed by atoms with Gasteiger partial charge < -0.3 is 4.79 Å². The van der Waals surface area contributed by atoms with Gasteiger partial charge in [-0.25, -0.2) is 0 Å². The molecule has 1 aliphatic rings. The summed E-state index contributed by atoms with van der Waals surface area (Å²) < 4.78 is 0. The smallest absolute Gasteiger partial charge is 0.139 e. The van der Waals surface area contributed by atoms with Crippen LogP contribution < -0.4 is 0 Å². The first-order valence-corrected chi connectivity index (χ1v) is 6.20. The summed E-state index contributed by atoms with van der Waals surface area (Å²) in [5.74, 6) is 0. The van der Waals surface area contributed by atoms with Gasteiger partial charge in [0.15, 0.2) is 0 Å². The van der Waals surface area contributed by atoms with E-state index in [0.29, 0.717) is 0 Å². The van der Waals surface area contributed by atoms with Gasteiger partial charge in [0.25, 0.3) is 0 Å². The molecule has 0 spiro atoms. The van der Waals surface area contributed by atoms with Crippen LogP contribution in [0.15, 0.2) is 60.7 Å². The van der Waals surface area contributed by atoms with Crippen molar-refractivity contribution >= 4 is 6.29 Å². The Morgan fingerprint density at radius 2 is 1.56 bits per heavy atom. The molecule has 90 valence electrons. The number of rotatable bonds is 4. The van der Waals surface area contributed by atoms with Crippen LogP contribution in [0.1, 0.15) is 17.2 Å². The van der Waals surface area contributed by atoms with E-state index in [0.717, 1.165) is 12.8 Å². The third-order valence-electron chi connectivity index (χ3n) is 3.46. The maximum atomic E-state index is 11.1. The SMILES string of the molecule is O=C[C@@H]1[C@H](c2ccccc2)N1Cc1ccccc1. The Hall–Kier alpha value is -1.93. The summed E-state index contributed by atoms with van der Waals surface area (Å²) in [7, 11) is 0. The Morgan fingerprint density at radius 1 is 0.944 bits per heavy atom. The molecule has 3 atom stereocenters. The second kappa shape index (κ2) is 4.75. The predicted octanol–water partition coefficient (Wildman–Crippen LogP) is 2.81. The zero-order valence-electron chi connectivity index (χ0n) is 10.1. The monoisotopic (exact) mass is 237 g/mol. The Labute approximate surface area is 107 Å². The first kappa shape index (κ1) is 11.2. The Morgan fingerprint density at radius 3 is 2.17 bits per heavy atom. The Balaban J connectivity index is 1.76. The van der Waals surface area contributed by atoms with Crippen molar-refractivity contribution in [3.63, 3.8) is 0 Å². The van der Waals surface area contributed by atoms with Crippen LogP contribution in [0.2, 0.25) is 0 Å². The van der Waals surface area contributed by atoms with Gasteiger partial charge in [-0.3, -0.25) is 4.90 Å². The van der Waals surface area contributed by atoms with Crippen LogP contribution in [0.25, 0.3) is 0 Å². The highest BCUT2D eigenvalue weighted by molar-refractivity contribution is 5.65. The molecule has 1 aliphatic heterocycles. The second-order valence-corrected chi connectivity index (χ2v) is 4.64. The molecule has 0 amide bonds. The second-order valence-electron chi connectivity index (χ2n) is 4.64. The number of benzene rings is 2. The number of nitrogens with zero attached hydrogens (tertiary/aromatic N) is 1. The summed E-state index contributed by atoms with van der Waals surface area (Å²) in [6.45, 7) is 0.837. The zero-order valence-corrected chi connectivity index (χ0v) is 10.1. The van der Waals surface area contributed by atoms with Crippen molar-refractivity contribution in [3.8, 4) is 0 Å². The molecule has 2 aromatic carbocycles. The van der Waals surface area contributed by atoms with Gasteiger partial charge in [0, 0.05) is 6.54 Å². The molecule has 0 aromatic heterocycles. The van der Waals surface area contributed by atoms with Gasteiger partial charge in [-0.15, -0.1) is 0 Å². The molecule has 0 saturated carbocycles. The van der Waals surface area contributed by atoms with E-state index in [-0.39, 0.29) is 12.1 Å². The van der Waals surface area contributed by atoms with Crippen molar-refractivity contribution < 1.29 is 4.79 Å². The molecule has 2 heteroatoms. The first-order valence-electron chi connectivity index (χ1n) is 6.20. The third kappa shape index (κ3) is 2.07. The normalized spacial score (nSPS) is 25.7. The minimum Gasteiger partial charge on any atom is -0.302 e. The standard InChI is InChI=1S/C16H15NO/c18-12-15-16(14-9-5-2-6-10-14)17(15)11-13-7-3-1-4-8-13/h1-10,12,15-16H,11H2/t15-,16+,17?/m1/s1. The molecule has 1 heterocycles. The number of carbonyl (C=O) groups excluding carboxylic acids is 1. The summed E-state index contributed by atoms with van der Waals surface area (Å²) in [6.07, 6.45) is 1.06. The van der Waals surface area contributed by atoms with Crippen LogP contribution in [-0.2, 0) is 11.3 Å². The maximum Gasteiger partial charge on any atom is 0.139 e. The molecule has 18 heavy (non-hydrogen) atoms. The molecule has 0 aliphatic carbocycles. The van der Waals surface area contributed by atoms with Gasteiger partial charge >= 0.3 is 0 Å². The van der Waals surface area contributed by atoms with E-state index in [1.165, 1.54) is 11.1 Å². The van der Waals surface area contributed by atoms with Crippen LogP contribution in [0.5, 0.6) is 0 Å². The van der Waals surface area contributed by atoms with Crippen molar-refractivity contribution in [2.45, 2.75) is 18.6 Å². The van der Waals surface area contributed by atoms with E-state index < -0.39 is 0 Å². The number of hydrogen-bond donors (Lipinski definition) is 0. The third-order valence-corrected chi connectivity index (χ3v) is 3.46. The van der Waals surface area contributed by atoms with E-state index in [4.69, 9.17) is 0 Å². The van der Waals surface area contributed by atoms with Gasteiger partial charge in [0.05, 0.1) is 12.1 Å². The van der Waals surface area contributed by atoms with Gasteiger partial charge in [0.2, 0.25) is 0 Å². The summed E-state index contributed by atoms with van der Waals surface area (Å²) >= 11 is 0. The highest BCUT2D eigenvalue weighted by atomic mass is 16.1. The Bertz CT molecular complexity index is 523. The fourth-order valence-electron chi connectivity index (χ4n) is 2.49. The average Bonchev–Trinajstić information content (AvgIpc) is 3.14. The summed E-state index contributed by atoms with van der Waals surface area (Å²) in [5, 5.41) is 0. The van der Waals surface area contributed by atoms with Crippen LogP contribution in [0, 0.1) is 0 Å². The summed E-state index contributed by atoms with van der Waals surface area (Å²) in [5.41, 5.74) is 2.48. The highest BCUT2D eigenvalue weighted by Gasteiger charge is 2.47. The fourth-order valence-corrected chi connectivity index (χ4v) is 2.49. The molecule has 2 aromatic rings. The molecule has 0 radical (unpaired) electrons. The molecule has 0 bridgehead atoms. The van der Waals surface area contributed by atoms with Crippen LogP contribution in [0.4, 0.5) is 0 Å². The molecule has 1 saturated heterocycles.